The number of carbonyl (C=O) groups excluding carboxylic acids is 1. The van der Waals surface area contributed by atoms with E-state index in [0.717, 1.165) is 43.8 Å². The number of nitrogens with one attached hydrogen (secondary N) is 1. The van der Waals surface area contributed by atoms with Crippen molar-refractivity contribution in [1.29, 1.82) is 0 Å². The second kappa shape index (κ2) is 6.16. The summed E-state index contributed by atoms with van der Waals surface area (Å²) in [6.07, 6.45) is 4.97. The lowest BCUT2D eigenvalue weighted by Gasteiger charge is -2.47. The molecule has 4 atom stereocenters. The largest absolute Gasteiger partial charge is 0.377 e. The quantitative estimate of drug-likeness (QED) is 0.929. The topological polar surface area (TPSA) is 41.6 Å². The van der Waals surface area contributed by atoms with Gasteiger partial charge in [0.05, 0.1) is 11.7 Å². The molecule has 1 amide bonds. The average molecular weight is 314 g/mol. The first-order valence-electron chi connectivity index (χ1n) is 9.06. The van der Waals surface area contributed by atoms with Crippen molar-refractivity contribution in [1.82, 2.24) is 5.32 Å². The van der Waals surface area contributed by atoms with Crippen LogP contribution in [0.4, 0.5) is 5.69 Å². The number of benzene rings is 1. The van der Waals surface area contributed by atoms with Gasteiger partial charge in [0.15, 0.2) is 0 Å². The molecule has 2 saturated heterocycles. The number of rotatable bonds is 4. The average Bonchev–Trinajstić information content (AvgIpc) is 3.23. The van der Waals surface area contributed by atoms with E-state index in [9.17, 15) is 4.79 Å². The SMILES string of the molecule is CC[C@@H]1[C@@H](NC(=O)c2ccccc2N2CCCC2)[C@@H]2CCO[C@H]12. The Morgan fingerprint density at radius 3 is 2.87 bits per heavy atom. The zero-order valence-electron chi connectivity index (χ0n) is 13.8. The standard InChI is InChI=1S/C19H26N2O2/c1-2-13-17(15-9-12-23-18(13)15)20-19(22)14-7-3-4-8-16(14)21-10-5-6-11-21/h3-4,7-8,13,15,17-18H,2,5-6,9-12H2,1H3,(H,20,22)/t13-,15+,17-,18-/m1/s1. The molecule has 0 spiro atoms. The second-order valence-electron chi connectivity index (χ2n) is 7.07. The van der Waals surface area contributed by atoms with Crippen LogP contribution in [0.15, 0.2) is 24.3 Å². The van der Waals surface area contributed by atoms with Gasteiger partial charge in [-0.2, -0.15) is 0 Å². The highest BCUT2D eigenvalue weighted by Crippen LogP contribution is 2.45. The third kappa shape index (κ3) is 2.53. The van der Waals surface area contributed by atoms with Crippen LogP contribution in [0.2, 0.25) is 0 Å². The lowest BCUT2D eigenvalue weighted by atomic mass is 9.65. The first-order valence-corrected chi connectivity index (χ1v) is 9.06. The number of amides is 1. The van der Waals surface area contributed by atoms with Crippen LogP contribution in [0.1, 0.15) is 43.0 Å². The molecule has 2 heterocycles. The number of carbonyl (C=O) groups is 1. The highest BCUT2D eigenvalue weighted by Gasteiger charge is 2.53. The van der Waals surface area contributed by atoms with E-state index in [1.807, 2.05) is 18.2 Å². The number of para-hydroxylation sites is 1. The third-order valence-electron chi connectivity index (χ3n) is 5.89. The highest BCUT2D eigenvalue weighted by atomic mass is 16.5. The van der Waals surface area contributed by atoms with Crippen molar-refractivity contribution in [3.63, 3.8) is 0 Å². The molecule has 0 unspecified atom stereocenters. The van der Waals surface area contributed by atoms with Crippen LogP contribution in [0.5, 0.6) is 0 Å². The molecule has 3 aliphatic rings. The first kappa shape index (κ1) is 15.0. The number of anilines is 1. The maximum Gasteiger partial charge on any atom is 0.253 e. The summed E-state index contributed by atoms with van der Waals surface area (Å²) in [4.78, 5) is 15.2. The zero-order chi connectivity index (χ0) is 15.8. The molecule has 1 aliphatic carbocycles. The van der Waals surface area contributed by atoms with Gasteiger partial charge in [0.1, 0.15) is 0 Å². The van der Waals surface area contributed by atoms with Gasteiger partial charge in [-0.25, -0.2) is 0 Å². The Bertz CT molecular complexity index is 582. The van der Waals surface area contributed by atoms with E-state index in [1.54, 1.807) is 0 Å². The minimum absolute atomic E-state index is 0.0845. The van der Waals surface area contributed by atoms with Gasteiger partial charge in [0.25, 0.3) is 5.91 Å². The number of ether oxygens (including phenoxy) is 1. The number of hydrogen-bond acceptors (Lipinski definition) is 3. The number of hydrogen-bond donors (Lipinski definition) is 1. The lowest BCUT2D eigenvalue weighted by Crippen LogP contribution is -2.61. The van der Waals surface area contributed by atoms with Crippen molar-refractivity contribution in [2.45, 2.75) is 44.8 Å². The molecular formula is C19H26N2O2. The maximum atomic E-state index is 12.9. The Kier molecular flexibility index (Phi) is 4.02. The molecule has 3 fully saturated rings. The van der Waals surface area contributed by atoms with Gasteiger partial charge in [-0.3, -0.25) is 4.79 Å². The highest BCUT2D eigenvalue weighted by molar-refractivity contribution is 6.00. The lowest BCUT2D eigenvalue weighted by molar-refractivity contribution is -0.0545. The van der Waals surface area contributed by atoms with E-state index in [-0.39, 0.29) is 11.9 Å². The summed E-state index contributed by atoms with van der Waals surface area (Å²) < 4.78 is 5.82. The summed E-state index contributed by atoms with van der Waals surface area (Å²) in [6.45, 7) is 5.16. The molecule has 1 aromatic carbocycles. The molecule has 4 rings (SSSR count). The van der Waals surface area contributed by atoms with Crippen LogP contribution < -0.4 is 10.2 Å². The van der Waals surface area contributed by atoms with Crippen molar-refractivity contribution >= 4 is 11.6 Å². The fraction of sp³-hybridized carbons (Fsp3) is 0.632. The maximum absolute atomic E-state index is 12.9. The van der Waals surface area contributed by atoms with Gasteiger partial charge in [0, 0.05) is 43.3 Å². The number of fused-ring (bicyclic) bond motifs is 1. The molecule has 4 nitrogen and oxygen atoms in total. The molecule has 0 bridgehead atoms. The fourth-order valence-corrected chi connectivity index (χ4v) is 4.66. The normalized spacial score (nSPS) is 32.5. The Labute approximate surface area is 138 Å². The summed E-state index contributed by atoms with van der Waals surface area (Å²) in [5.74, 6) is 1.08. The minimum atomic E-state index is 0.0845. The summed E-state index contributed by atoms with van der Waals surface area (Å²) in [5.41, 5.74) is 1.92. The van der Waals surface area contributed by atoms with Gasteiger partial charge in [0.2, 0.25) is 0 Å². The summed E-state index contributed by atoms with van der Waals surface area (Å²) in [7, 11) is 0. The van der Waals surface area contributed by atoms with Gasteiger partial charge in [-0.15, -0.1) is 0 Å². The smallest absolute Gasteiger partial charge is 0.253 e. The molecule has 1 saturated carbocycles. The van der Waals surface area contributed by atoms with Crippen molar-refractivity contribution in [3.05, 3.63) is 29.8 Å². The van der Waals surface area contributed by atoms with E-state index in [1.165, 1.54) is 12.8 Å². The van der Waals surface area contributed by atoms with Crippen LogP contribution >= 0.6 is 0 Å². The molecule has 23 heavy (non-hydrogen) atoms. The van der Waals surface area contributed by atoms with Gasteiger partial charge in [-0.1, -0.05) is 19.1 Å². The van der Waals surface area contributed by atoms with Gasteiger partial charge >= 0.3 is 0 Å². The predicted molar refractivity (Wildman–Crippen MR) is 90.8 cm³/mol. The van der Waals surface area contributed by atoms with Crippen LogP contribution in [-0.2, 0) is 4.74 Å². The summed E-state index contributed by atoms with van der Waals surface area (Å²) in [6, 6.07) is 8.33. The van der Waals surface area contributed by atoms with E-state index >= 15 is 0 Å². The predicted octanol–water partition coefficient (Wildman–Crippen LogP) is 2.83. The van der Waals surface area contributed by atoms with Crippen molar-refractivity contribution in [2.24, 2.45) is 11.8 Å². The molecule has 0 radical (unpaired) electrons. The zero-order valence-corrected chi connectivity index (χ0v) is 13.8. The van der Waals surface area contributed by atoms with Crippen LogP contribution in [-0.4, -0.2) is 37.7 Å². The Morgan fingerprint density at radius 2 is 2.09 bits per heavy atom. The van der Waals surface area contributed by atoms with E-state index in [4.69, 9.17) is 4.74 Å². The Morgan fingerprint density at radius 1 is 1.30 bits per heavy atom. The van der Waals surface area contributed by atoms with Gasteiger partial charge < -0.3 is 15.0 Å². The summed E-state index contributed by atoms with van der Waals surface area (Å²) in [5, 5.41) is 3.32. The number of nitrogens with zero attached hydrogens (tertiary/aromatic N) is 1. The monoisotopic (exact) mass is 314 g/mol. The van der Waals surface area contributed by atoms with Crippen LogP contribution in [0.25, 0.3) is 0 Å². The van der Waals surface area contributed by atoms with Crippen molar-refractivity contribution in [2.75, 3.05) is 24.6 Å². The molecule has 4 heteroatoms. The third-order valence-corrected chi connectivity index (χ3v) is 5.89. The molecule has 0 aromatic heterocycles. The summed E-state index contributed by atoms with van der Waals surface area (Å²) >= 11 is 0. The van der Waals surface area contributed by atoms with E-state index in [0.29, 0.717) is 17.9 Å². The fourth-order valence-electron chi connectivity index (χ4n) is 4.66. The van der Waals surface area contributed by atoms with Gasteiger partial charge in [-0.05, 0) is 37.8 Å². The second-order valence-corrected chi connectivity index (χ2v) is 7.07. The Hall–Kier alpha value is -1.55. The molecular weight excluding hydrogens is 288 g/mol. The van der Waals surface area contributed by atoms with E-state index in [2.05, 4.69) is 23.2 Å². The van der Waals surface area contributed by atoms with E-state index < -0.39 is 0 Å². The first-order chi connectivity index (χ1) is 11.3. The van der Waals surface area contributed by atoms with Crippen molar-refractivity contribution in [3.8, 4) is 0 Å². The molecule has 2 aliphatic heterocycles. The molecule has 1 aromatic rings. The molecule has 124 valence electrons. The van der Waals surface area contributed by atoms with Crippen LogP contribution in [0, 0.1) is 11.8 Å². The molecule has 1 N–H and O–H groups in total. The minimum Gasteiger partial charge on any atom is -0.377 e. The van der Waals surface area contributed by atoms with Crippen LogP contribution in [0.3, 0.4) is 0 Å². The Balaban J connectivity index is 1.51. The van der Waals surface area contributed by atoms with Crippen molar-refractivity contribution < 1.29 is 9.53 Å².